The molecule has 4 nitrogen and oxygen atoms in total. The molecule has 4 heteroatoms. The largest absolute Gasteiger partial charge is 0.507 e. The number of benzene rings is 1. The van der Waals surface area contributed by atoms with Gasteiger partial charge in [-0.25, -0.2) is 0 Å². The molecule has 0 spiro atoms. The van der Waals surface area contributed by atoms with Gasteiger partial charge in [-0.15, -0.1) is 0 Å². The van der Waals surface area contributed by atoms with E-state index in [-0.39, 0.29) is 22.7 Å². The van der Waals surface area contributed by atoms with Crippen LogP contribution in [-0.4, -0.2) is 24.4 Å². The van der Waals surface area contributed by atoms with Gasteiger partial charge < -0.3 is 19.7 Å². The Morgan fingerprint density at radius 3 is 2.24 bits per heavy atom. The van der Waals surface area contributed by atoms with Crippen LogP contribution in [0.1, 0.15) is 58.4 Å². The van der Waals surface area contributed by atoms with Crippen LogP contribution in [0.25, 0.3) is 0 Å². The molecule has 0 aromatic heterocycles. The van der Waals surface area contributed by atoms with Gasteiger partial charge in [-0.1, -0.05) is 46.5 Å². The predicted molar refractivity (Wildman–Crippen MR) is 84.7 cm³/mol. The molecule has 0 aliphatic heterocycles. The molecule has 0 saturated heterocycles. The minimum Gasteiger partial charge on any atom is -0.507 e. The van der Waals surface area contributed by atoms with Crippen molar-refractivity contribution in [2.75, 3.05) is 14.2 Å². The molecule has 0 unspecified atom stereocenters. The summed E-state index contributed by atoms with van der Waals surface area (Å²) in [4.78, 5) is 0. The van der Waals surface area contributed by atoms with E-state index in [1.165, 1.54) is 33.1 Å². The van der Waals surface area contributed by atoms with E-state index >= 15 is 0 Å². The number of hydrogen-bond acceptors (Lipinski definition) is 4. The third-order valence-corrected chi connectivity index (χ3v) is 3.96. The molecule has 21 heavy (non-hydrogen) atoms. The first kappa shape index (κ1) is 17.5. The maximum atomic E-state index is 10.5. The summed E-state index contributed by atoms with van der Waals surface area (Å²) in [6.07, 6.45) is 5.51. The van der Waals surface area contributed by atoms with Gasteiger partial charge in [0.1, 0.15) is 5.75 Å². The van der Waals surface area contributed by atoms with Gasteiger partial charge in [0.15, 0.2) is 11.5 Å². The lowest BCUT2D eigenvalue weighted by atomic mass is 9.78. The molecule has 0 fully saturated rings. The van der Waals surface area contributed by atoms with Crippen LogP contribution in [0.3, 0.4) is 0 Å². The third-order valence-electron chi connectivity index (χ3n) is 3.96. The van der Waals surface area contributed by atoms with E-state index in [1.54, 1.807) is 0 Å². The van der Waals surface area contributed by atoms with Crippen molar-refractivity contribution in [2.24, 2.45) is 0 Å². The fourth-order valence-electron chi connectivity index (χ4n) is 2.75. The van der Waals surface area contributed by atoms with Crippen LogP contribution < -0.4 is 9.47 Å². The van der Waals surface area contributed by atoms with Crippen molar-refractivity contribution >= 4 is 0 Å². The molecule has 0 aliphatic carbocycles. The normalized spacial score (nSPS) is 11.5. The van der Waals surface area contributed by atoms with Gasteiger partial charge in [0.05, 0.1) is 14.2 Å². The SMILES string of the molecule is CCCCCCC(C)(C)c1c(O)cc(OC)c(OC)c1O. The van der Waals surface area contributed by atoms with Gasteiger partial charge >= 0.3 is 0 Å². The highest BCUT2D eigenvalue weighted by Gasteiger charge is 2.30. The average Bonchev–Trinajstić information content (AvgIpc) is 2.42. The van der Waals surface area contributed by atoms with Crippen molar-refractivity contribution in [1.82, 2.24) is 0 Å². The minimum absolute atomic E-state index is 0.0326. The van der Waals surface area contributed by atoms with E-state index in [4.69, 9.17) is 9.47 Å². The average molecular weight is 296 g/mol. The molecule has 1 rings (SSSR count). The summed E-state index contributed by atoms with van der Waals surface area (Å²) >= 11 is 0. The Kier molecular flexibility index (Phi) is 6.19. The smallest absolute Gasteiger partial charge is 0.203 e. The molecule has 0 saturated carbocycles. The maximum absolute atomic E-state index is 10.5. The quantitative estimate of drug-likeness (QED) is 0.700. The van der Waals surface area contributed by atoms with E-state index in [9.17, 15) is 10.2 Å². The monoisotopic (exact) mass is 296 g/mol. The third kappa shape index (κ3) is 3.96. The minimum atomic E-state index is -0.332. The van der Waals surface area contributed by atoms with Gasteiger partial charge in [-0.3, -0.25) is 0 Å². The number of phenols is 2. The predicted octanol–water partition coefficient (Wildman–Crippen LogP) is 4.36. The molecular formula is C17H28O4. The van der Waals surface area contributed by atoms with Crippen LogP contribution in [0.2, 0.25) is 0 Å². The first-order chi connectivity index (χ1) is 9.88. The maximum Gasteiger partial charge on any atom is 0.203 e. The number of ether oxygens (including phenoxy) is 2. The van der Waals surface area contributed by atoms with E-state index in [0.29, 0.717) is 11.3 Å². The van der Waals surface area contributed by atoms with Crippen molar-refractivity contribution in [1.29, 1.82) is 0 Å². The second kappa shape index (κ2) is 7.43. The lowest BCUT2D eigenvalue weighted by Crippen LogP contribution is -2.18. The zero-order valence-electron chi connectivity index (χ0n) is 13.8. The van der Waals surface area contributed by atoms with Gasteiger partial charge in [0.25, 0.3) is 0 Å². The summed E-state index contributed by atoms with van der Waals surface area (Å²) in [6, 6.07) is 1.50. The van der Waals surface area contributed by atoms with Crippen LogP contribution >= 0.6 is 0 Å². The van der Waals surface area contributed by atoms with E-state index in [2.05, 4.69) is 6.92 Å². The lowest BCUT2D eigenvalue weighted by molar-refractivity contribution is 0.315. The molecule has 1 aromatic rings. The van der Waals surface area contributed by atoms with Crippen molar-refractivity contribution in [3.8, 4) is 23.0 Å². The fraction of sp³-hybridized carbons (Fsp3) is 0.647. The highest BCUT2D eigenvalue weighted by Crippen LogP contribution is 2.49. The standard InChI is InChI=1S/C17H28O4/c1-6-7-8-9-10-17(2,3)14-12(18)11-13(20-4)16(21-5)15(14)19/h11,18-19H,6-10H2,1-5H3. The molecule has 0 amide bonds. The van der Waals surface area contributed by atoms with Crippen molar-refractivity contribution in [2.45, 2.75) is 58.3 Å². The molecule has 0 atom stereocenters. The number of hydrogen-bond donors (Lipinski definition) is 2. The van der Waals surface area contributed by atoms with E-state index in [1.807, 2.05) is 13.8 Å². The number of rotatable bonds is 8. The van der Waals surface area contributed by atoms with Crippen molar-refractivity contribution in [3.05, 3.63) is 11.6 Å². The first-order valence-corrected chi connectivity index (χ1v) is 7.56. The van der Waals surface area contributed by atoms with Crippen LogP contribution in [0.5, 0.6) is 23.0 Å². The summed E-state index contributed by atoms with van der Waals surface area (Å²) in [5.74, 6) is 0.616. The summed E-state index contributed by atoms with van der Waals surface area (Å²) in [6.45, 7) is 6.23. The summed E-state index contributed by atoms with van der Waals surface area (Å²) < 4.78 is 10.3. The molecule has 0 radical (unpaired) electrons. The Labute approximate surface area is 127 Å². The van der Waals surface area contributed by atoms with Crippen LogP contribution in [0, 0.1) is 0 Å². The van der Waals surface area contributed by atoms with Crippen molar-refractivity contribution in [3.63, 3.8) is 0 Å². The molecule has 0 aliphatic rings. The number of phenolic OH excluding ortho intramolecular Hbond substituents is 2. The fourth-order valence-corrected chi connectivity index (χ4v) is 2.75. The van der Waals surface area contributed by atoms with Gasteiger partial charge in [-0.2, -0.15) is 0 Å². The zero-order valence-corrected chi connectivity index (χ0v) is 13.8. The Hall–Kier alpha value is -1.58. The molecule has 1 aromatic carbocycles. The van der Waals surface area contributed by atoms with E-state index in [0.717, 1.165) is 19.3 Å². The first-order valence-electron chi connectivity index (χ1n) is 7.56. The highest BCUT2D eigenvalue weighted by atomic mass is 16.5. The highest BCUT2D eigenvalue weighted by molar-refractivity contribution is 5.62. The number of unbranched alkanes of at least 4 members (excludes halogenated alkanes) is 3. The van der Waals surface area contributed by atoms with Crippen LogP contribution in [0.15, 0.2) is 6.07 Å². The van der Waals surface area contributed by atoms with Gasteiger partial charge in [0, 0.05) is 11.6 Å². The van der Waals surface area contributed by atoms with Crippen LogP contribution in [0.4, 0.5) is 0 Å². The molecule has 0 bridgehead atoms. The van der Waals surface area contributed by atoms with Gasteiger partial charge in [0.2, 0.25) is 5.75 Å². The topological polar surface area (TPSA) is 58.9 Å². The number of aromatic hydroxyl groups is 2. The zero-order chi connectivity index (χ0) is 16.0. The number of methoxy groups -OCH3 is 2. The molecule has 2 N–H and O–H groups in total. The Morgan fingerprint density at radius 1 is 1.05 bits per heavy atom. The van der Waals surface area contributed by atoms with E-state index < -0.39 is 0 Å². The molecular weight excluding hydrogens is 268 g/mol. The van der Waals surface area contributed by atoms with Crippen LogP contribution in [-0.2, 0) is 5.41 Å². The summed E-state index contributed by atoms with van der Waals surface area (Å²) in [7, 11) is 2.96. The second-order valence-corrected chi connectivity index (χ2v) is 6.05. The Morgan fingerprint density at radius 2 is 1.71 bits per heavy atom. The lowest BCUT2D eigenvalue weighted by Gasteiger charge is -2.28. The summed E-state index contributed by atoms with van der Waals surface area (Å²) in [5.41, 5.74) is 0.193. The van der Waals surface area contributed by atoms with Gasteiger partial charge in [-0.05, 0) is 11.8 Å². The molecule has 0 heterocycles. The summed E-state index contributed by atoms with van der Waals surface area (Å²) in [5, 5.41) is 20.7. The van der Waals surface area contributed by atoms with Crippen molar-refractivity contribution < 1.29 is 19.7 Å². The second-order valence-electron chi connectivity index (χ2n) is 6.05. The Bertz CT molecular complexity index is 466. The Balaban J connectivity index is 3.10. The molecule has 120 valence electrons.